The van der Waals surface area contributed by atoms with E-state index in [-0.39, 0.29) is 31.1 Å². The van der Waals surface area contributed by atoms with Gasteiger partial charge in [0.05, 0.1) is 6.26 Å². The Labute approximate surface area is 143 Å². The number of rotatable bonds is 9. The first-order valence-electron chi connectivity index (χ1n) is 7.20. The predicted octanol–water partition coefficient (Wildman–Crippen LogP) is 0.172. The molecule has 0 radical (unpaired) electrons. The normalized spacial score (nSPS) is 11.4. The number of ether oxygens (including phenoxy) is 1. The SMILES string of the molecule is CS(=O)(=O)NCCc1nc(COc2cccc(F)c2)nn1CC(=O)O. The fraction of sp³-hybridized carbons (Fsp3) is 0.357. The summed E-state index contributed by atoms with van der Waals surface area (Å²) < 4.78 is 44.1. The number of benzene rings is 1. The van der Waals surface area contributed by atoms with Crippen molar-refractivity contribution in [2.24, 2.45) is 0 Å². The van der Waals surface area contributed by atoms with Gasteiger partial charge in [-0.15, -0.1) is 0 Å². The molecule has 0 atom stereocenters. The van der Waals surface area contributed by atoms with Crippen LogP contribution in [0.3, 0.4) is 0 Å². The predicted molar refractivity (Wildman–Crippen MR) is 84.9 cm³/mol. The Bertz CT molecular complexity index is 853. The van der Waals surface area contributed by atoms with Gasteiger partial charge in [0, 0.05) is 19.0 Å². The lowest BCUT2D eigenvalue weighted by Gasteiger charge is -2.03. The van der Waals surface area contributed by atoms with E-state index < -0.39 is 28.4 Å². The monoisotopic (exact) mass is 372 g/mol. The smallest absolute Gasteiger partial charge is 0.325 e. The molecule has 0 fully saturated rings. The molecule has 0 saturated heterocycles. The molecule has 1 aromatic heterocycles. The fourth-order valence-electron chi connectivity index (χ4n) is 1.98. The fourth-order valence-corrected chi connectivity index (χ4v) is 2.45. The van der Waals surface area contributed by atoms with E-state index in [1.807, 2.05) is 0 Å². The van der Waals surface area contributed by atoms with Crippen molar-refractivity contribution in [1.82, 2.24) is 19.5 Å². The van der Waals surface area contributed by atoms with Gasteiger partial charge in [-0.05, 0) is 12.1 Å². The molecule has 0 aliphatic carbocycles. The molecule has 1 aromatic carbocycles. The minimum atomic E-state index is -3.36. The van der Waals surface area contributed by atoms with Crippen LogP contribution in [0.1, 0.15) is 11.6 Å². The van der Waals surface area contributed by atoms with E-state index in [0.29, 0.717) is 5.82 Å². The number of nitrogens with zero attached hydrogens (tertiary/aromatic N) is 3. The molecular weight excluding hydrogens is 355 g/mol. The van der Waals surface area contributed by atoms with Gasteiger partial charge < -0.3 is 9.84 Å². The van der Waals surface area contributed by atoms with Crippen LogP contribution in [0.2, 0.25) is 0 Å². The van der Waals surface area contributed by atoms with Crippen molar-refractivity contribution >= 4 is 16.0 Å². The lowest BCUT2D eigenvalue weighted by molar-refractivity contribution is -0.137. The van der Waals surface area contributed by atoms with Gasteiger partial charge in [0.15, 0.2) is 5.82 Å². The zero-order valence-electron chi connectivity index (χ0n) is 13.3. The first-order valence-corrected chi connectivity index (χ1v) is 9.09. The van der Waals surface area contributed by atoms with Gasteiger partial charge >= 0.3 is 5.97 Å². The molecule has 25 heavy (non-hydrogen) atoms. The summed E-state index contributed by atoms with van der Waals surface area (Å²) in [4.78, 5) is 15.1. The molecule has 2 rings (SSSR count). The Kier molecular flexibility index (Phi) is 6.04. The number of carboxylic acids is 1. The molecule has 0 aliphatic rings. The first kappa shape index (κ1) is 18.8. The highest BCUT2D eigenvalue weighted by molar-refractivity contribution is 7.88. The van der Waals surface area contributed by atoms with Gasteiger partial charge in [-0.1, -0.05) is 6.07 Å². The van der Waals surface area contributed by atoms with Crippen LogP contribution in [0.25, 0.3) is 0 Å². The third-order valence-corrected chi connectivity index (χ3v) is 3.68. The Morgan fingerprint density at radius 3 is 2.84 bits per heavy atom. The molecule has 2 aromatic rings. The lowest BCUT2D eigenvalue weighted by atomic mass is 10.3. The van der Waals surface area contributed by atoms with Crippen LogP contribution in [0, 0.1) is 5.82 Å². The zero-order chi connectivity index (χ0) is 18.4. The van der Waals surface area contributed by atoms with Gasteiger partial charge in [0.25, 0.3) is 0 Å². The minimum absolute atomic E-state index is 0.0569. The molecular formula is C14H17FN4O5S. The molecule has 0 aliphatic heterocycles. The van der Waals surface area contributed by atoms with E-state index in [1.54, 1.807) is 6.07 Å². The van der Waals surface area contributed by atoms with Crippen LogP contribution >= 0.6 is 0 Å². The summed E-state index contributed by atoms with van der Waals surface area (Å²) in [5.74, 6) is -0.764. The van der Waals surface area contributed by atoms with Crippen LogP contribution < -0.4 is 9.46 Å². The minimum Gasteiger partial charge on any atom is -0.485 e. The summed E-state index contributed by atoms with van der Waals surface area (Å²) in [5.41, 5.74) is 0. The van der Waals surface area contributed by atoms with Crippen LogP contribution in [0.4, 0.5) is 4.39 Å². The van der Waals surface area contributed by atoms with Crippen LogP contribution in [-0.4, -0.2) is 47.1 Å². The van der Waals surface area contributed by atoms with Crippen molar-refractivity contribution in [3.05, 3.63) is 41.7 Å². The van der Waals surface area contributed by atoms with Crippen molar-refractivity contribution in [2.45, 2.75) is 19.6 Å². The summed E-state index contributed by atoms with van der Waals surface area (Å²) in [6, 6.07) is 5.53. The number of sulfonamides is 1. The molecule has 11 heteroatoms. The third kappa shape index (κ3) is 6.47. The van der Waals surface area contributed by atoms with Crippen molar-refractivity contribution in [3.63, 3.8) is 0 Å². The topological polar surface area (TPSA) is 123 Å². The highest BCUT2D eigenvalue weighted by Crippen LogP contribution is 2.13. The molecule has 136 valence electrons. The zero-order valence-corrected chi connectivity index (χ0v) is 14.2. The Hall–Kier alpha value is -2.53. The molecule has 2 N–H and O–H groups in total. The number of carboxylic acid groups (broad SMARTS) is 1. The highest BCUT2D eigenvalue weighted by Gasteiger charge is 2.14. The Balaban J connectivity index is 2.06. The van der Waals surface area contributed by atoms with E-state index in [9.17, 15) is 17.6 Å². The number of hydrogen-bond acceptors (Lipinski definition) is 6. The summed E-state index contributed by atoms with van der Waals surface area (Å²) in [6.45, 7) is -0.439. The average Bonchev–Trinajstić information content (AvgIpc) is 2.85. The molecule has 0 bridgehead atoms. The van der Waals surface area contributed by atoms with E-state index in [0.717, 1.165) is 10.9 Å². The van der Waals surface area contributed by atoms with E-state index in [1.165, 1.54) is 18.2 Å². The second kappa shape index (κ2) is 8.03. The van der Waals surface area contributed by atoms with E-state index in [4.69, 9.17) is 9.84 Å². The maximum atomic E-state index is 13.1. The summed E-state index contributed by atoms with van der Waals surface area (Å²) in [6.07, 6.45) is 1.18. The van der Waals surface area contributed by atoms with Crippen LogP contribution in [0.15, 0.2) is 24.3 Å². The molecule has 0 unspecified atom stereocenters. The van der Waals surface area contributed by atoms with Crippen molar-refractivity contribution in [2.75, 3.05) is 12.8 Å². The van der Waals surface area contributed by atoms with Gasteiger partial charge in [0.1, 0.15) is 30.5 Å². The molecule has 0 saturated carbocycles. The van der Waals surface area contributed by atoms with Crippen molar-refractivity contribution in [3.8, 4) is 5.75 Å². The Morgan fingerprint density at radius 2 is 2.20 bits per heavy atom. The van der Waals surface area contributed by atoms with Crippen LogP contribution in [-0.2, 0) is 34.4 Å². The van der Waals surface area contributed by atoms with Gasteiger partial charge in [-0.2, -0.15) is 5.10 Å². The standard InChI is InChI=1S/C14H17FN4O5S/c1-25(22,23)16-6-5-13-17-12(18-19(13)8-14(20)21)9-24-11-4-2-3-10(15)7-11/h2-4,7,16H,5-6,8-9H2,1H3,(H,20,21). The molecule has 0 spiro atoms. The largest absolute Gasteiger partial charge is 0.485 e. The van der Waals surface area contributed by atoms with Crippen LogP contribution in [0.5, 0.6) is 5.75 Å². The summed E-state index contributed by atoms with van der Waals surface area (Å²) >= 11 is 0. The molecule has 9 nitrogen and oxygen atoms in total. The molecule has 1 heterocycles. The second-order valence-electron chi connectivity index (χ2n) is 5.16. The second-order valence-corrected chi connectivity index (χ2v) is 6.99. The maximum Gasteiger partial charge on any atom is 0.325 e. The number of hydrogen-bond donors (Lipinski definition) is 2. The van der Waals surface area contributed by atoms with E-state index in [2.05, 4.69) is 14.8 Å². The van der Waals surface area contributed by atoms with E-state index >= 15 is 0 Å². The highest BCUT2D eigenvalue weighted by atomic mass is 32.2. The quantitative estimate of drug-likeness (QED) is 0.643. The average molecular weight is 372 g/mol. The number of aliphatic carboxylic acids is 1. The summed E-state index contributed by atoms with van der Waals surface area (Å²) in [7, 11) is -3.36. The third-order valence-electron chi connectivity index (χ3n) is 2.95. The Morgan fingerprint density at radius 1 is 1.44 bits per heavy atom. The summed E-state index contributed by atoms with van der Waals surface area (Å²) in [5, 5.41) is 13.0. The van der Waals surface area contributed by atoms with Crippen molar-refractivity contribution in [1.29, 1.82) is 0 Å². The number of nitrogens with one attached hydrogen (secondary N) is 1. The van der Waals surface area contributed by atoms with Crippen molar-refractivity contribution < 1.29 is 27.4 Å². The van der Waals surface area contributed by atoms with Gasteiger partial charge in [0.2, 0.25) is 10.0 Å². The lowest BCUT2D eigenvalue weighted by Crippen LogP contribution is -2.25. The number of aromatic nitrogens is 3. The van der Waals surface area contributed by atoms with Gasteiger partial charge in [-0.3, -0.25) is 4.79 Å². The number of carbonyl (C=O) groups is 1. The van der Waals surface area contributed by atoms with Gasteiger partial charge in [-0.25, -0.2) is 27.2 Å². The molecule has 0 amide bonds. The number of halogens is 1. The maximum absolute atomic E-state index is 13.1. The first-order chi connectivity index (χ1) is 11.7.